The number of carbonyl (C=O) groups is 1. The molecule has 0 spiro atoms. The van der Waals surface area contributed by atoms with Crippen LogP contribution in [0.25, 0.3) is 11.4 Å². The lowest BCUT2D eigenvalue weighted by Crippen LogP contribution is -2.30. The van der Waals surface area contributed by atoms with Crippen molar-refractivity contribution in [2.24, 2.45) is 5.92 Å². The van der Waals surface area contributed by atoms with Gasteiger partial charge in [-0.25, -0.2) is 9.37 Å². The third-order valence-corrected chi connectivity index (χ3v) is 6.19. The van der Waals surface area contributed by atoms with Gasteiger partial charge in [0.15, 0.2) is 0 Å². The second-order valence-electron chi connectivity index (χ2n) is 7.35. The molecule has 4 rings (SSSR count). The fourth-order valence-electron chi connectivity index (χ4n) is 3.68. The Morgan fingerprint density at radius 1 is 1.21 bits per heavy atom. The van der Waals surface area contributed by atoms with Gasteiger partial charge < -0.3 is 10.3 Å². The highest BCUT2D eigenvalue weighted by atomic mass is 32.1. The maximum atomic E-state index is 13.2. The quantitative estimate of drug-likeness (QED) is 0.631. The molecule has 1 aliphatic carbocycles. The molecule has 0 bridgehead atoms. The Kier molecular flexibility index (Phi) is 5.85. The Morgan fingerprint density at radius 3 is 2.76 bits per heavy atom. The van der Waals surface area contributed by atoms with Crippen LogP contribution in [0.4, 0.5) is 4.39 Å². The predicted octanol–water partition coefficient (Wildman–Crippen LogP) is 3.49. The van der Waals surface area contributed by atoms with Crippen LogP contribution in [0, 0.1) is 11.7 Å². The summed E-state index contributed by atoms with van der Waals surface area (Å²) < 4.78 is 13.2. The normalized spacial score (nSPS) is 16.1. The van der Waals surface area contributed by atoms with Crippen LogP contribution in [-0.4, -0.2) is 22.4 Å². The first-order valence-electron chi connectivity index (χ1n) is 9.75. The van der Waals surface area contributed by atoms with Crippen LogP contribution in [0.3, 0.4) is 0 Å². The Labute approximate surface area is 172 Å². The van der Waals surface area contributed by atoms with Crippen molar-refractivity contribution in [2.45, 2.75) is 32.1 Å². The molecule has 0 saturated heterocycles. The number of nitrogens with zero attached hydrogens (tertiary/aromatic N) is 1. The third-order valence-electron chi connectivity index (χ3n) is 5.31. The first kappa shape index (κ1) is 19.5. The molecular formula is C22H22FN3O2S. The van der Waals surface area contributed by atoms with Crippen molar-refractivity contribution in [3.8, 4) is 11.4 Å². The molecule has 0 radical (unpaired) electrons. The first-order valence-corrected chi connectivity index (χ1v) is 10.6. The molecule has 3 aromatic rings. The van der Waals surface area contributed by atoms with E-state index in [2.05, 4.69) is 15.3 Å². The molecule has 1 atom stereocenters. The lowest BCUT2D eigenvalue weighted by atomic mass is 10.00. The number of fused-ring (bicyclic) bond motifs is 1. The number of nitrogens with one attached hydrogen (secondary N) is 2. The molecule has 2 heterocycles. The minimum Gasteiger partial charge on any atom is -0.356 e. The number of benzene rings is 1. The van der Waals surface area contributed by atoms with Gasteiger partial charge in [-0.1, -0.05) is 6.07 Å². The molecule has 1 aromatic carbocycles. The largest absolute Gasteiger partial charge is 0.356 e. The standard InChI is InChI=1S/C22H22FN3O2S/c23-16-7-5-15(6-8-16)21-25-19-10-4-14(3-9-18(19)22(28)26-21)13-24-20(27)12-17-2-1-11-29-17/h1-2,5-8,11,14H,3-4,9-10,12-13H2,(H,24,27)(H,25,26,28). The van der Waals surface area contributed by atoms with E-state index in [4.69, 9.17) is 0 Å². The molecule has 1 unspecified atom stereocenters. The molecule has 1 aliphatic rings. The number of thiophene rings is 1. The number of halogens is 1. The SMILES string of the molecule is O=C(Cc1cccs1)NCC1CCc2nc(-c3ccc(F)cc3)[nH]c(=O)c2CC1. The van der Waals surface area contributed by atoms with Crippen LogP contribution < -0.4 is 10.9 Å². The Hall–Kier alpha value is -2.80. The molecule has 0 saturated carbocycles. The fourth-order valence-corrected chi connectivity index (χ4v) is 4.39. The van der Waals surface area contributed by atoms with Gasteiger partial charge >= 0.3 is 0 Å². The molecule has 7 heteroatoms. The van der Waals surface area contributed by atoms with Crippen LogP contribution in [0.2, 0.25) is 0 Å². The van der Waals surface area contributed by atoms with Crippen molar-refractivity contribution in [1.29, 1.82) is 0 Å². The predicted molar refractivity (Wildman–Crippen MR) is 111 cm³/mol. The van der Waals surface area contributed by atoms with Gasteiger partial charge in [0.05, 0.1) is 12.1 Å². The van der Waals surface area contributed by atoms with E-state index >= 15 is 0 Å². The van der Waals surface area contributed by atoms with Gasteiger partial charge in [-0.2, -0.15) is 0 Å². The van der Waals surface area contributed by atoms with E-state index in [1.54, 1.807) is 23.5 Å². The maximum Gasteiger partial charge on any atom is 0.254 e. The number of H-pyrrole nitrogens is 1. The minimum absolute atomic E-state index is 0.0313. The van der Waals surface area contributed by atoms with E-state index < -0.39 is 0 Å². The van der Waals surface area contributed by atoms with Gasteiger partial charge in [0.25, 0.3) is 5.56 Å². The Balaban J connectivity index is 1.41. The van der Waals surface area contributed by atoms with Crippen molar-refractivity contribution in [3.05, 3.63) is 74.1 Å². The van der Waals surface area contributed by atoms with E-state index in [1.807, 2.05) is 17.5 Å². The molecule has 0 fully saturated rings. The Morgan fingerprint density at radius 2 is 2.00 bits per heavy atom. The summed E-state index contributed by atoms with van der Waals surface area (Å²) in [4.78, 5) is 33.3. The number of aromatic nitrogens is 2. The number of aryl methyl sites for hydroxylation is 1. The van der Waals surface area contributed by atoms with E-state index in [0.717, 1.165) is 29.0 Å². The molecule has 0 aliphatic heterocycles. The van der Waals surface area contributed by atoms with Crippen LogP contribution in [-0.2, 0) is 24.1 Å². The number of hydrogen-bond acceptors (Lipinski definition) is 4. The van der Waals surface area contributed by atoms with Crippen molar-refractivity contribution in [1.82, 2.24) is 15.3 Å². The molecule has 1 amide bonds. The number of carbonyl (C=O) groups excluding carboxylic acids is 1. The molecular weight excluding hydrogens is 389 g/mol. The van der Waals surface area contributed by atoms with Crippen LogP contribution in [0.1, 0.15) is 29.0 Å². The highest BCUT2D eigenvalue weighted by Gasteiger charge is 2.21. The first-order chi connectivity index (χ1) is 14.1. The van der Waals surface area contributed by atoms with Crippen molar-refractivity contribution in [2.75, 3.05) is 6.54 Å². The van der Waals surface area contributed by atoms with Gasteiger partial charge in [-0.3, -0.25) is 9.59 Å². The number of aromatic amines is 1. The summed E-state index contributed by atoms with van der Waals surface area (Å²) in [5.41, 5.74) is 2.09. The zero-order valence-corrected chi connectivity index (χ0v) is 16.7. The number of hydrogen-bond donors (Lipinski definition) is 2. The number of rotatable bonds is 5. The molecule has 29 heavy (non-hydrogen) atoms. The lowest BCUT2D eigenvalue weighted by molar-refractivity contribution is -0.120. The molecule has 150 valence electrons. The monoisotopic (exact) mass is 411 g/mol. The summed E-state index contributed by atoms with van der Waals surface area (Å²) >= 11 is 1.58. The van der Waals surface area contributed by atoms with E-state index in [-0.39, 0.29) is 17.3 Å². The summed E-state index contributed by atoms with van der Waals surface area (Å²) in [6.45, 7) is 0.612. The van der Waals surface area contributed by atoms with Gasteiger partial charge in [0.2, 0.25) is 5.91 Å². The van der Waals surface area contributed by atoms with Crippen molar-refractivity contribution < 1.29 is 9.18 Å². The topological polar surface area (TPSA) is 74.8 Å². The molecule has 2 aromatic heterocycles. The average Bonchev–Trinajstić information content (AvgIpc) is 3.12. The average molecular weight is 412 g/mol. The summed E-state index contributed by atoms with van der Waals surface area (Å²) in [5, 5.41) is 5.00. The minimum atomic E-state index is -0.324. The zero-order valence-electron chi connectivity index (χ0n) is 15.9. The Bertz CT molecular complexity index is 1040. The maximum absolute atomic E-state index is 13.2. The zero-order chi connectivity index (χ0) is 20.2. The van der Waals surface area contributed by atoms with E-state index in [9.17, 15) is 14.0 Å². The van der Waals surface area contributed by atoms with Crippen LogP contribution >= 0.6 is 11.3 Å². The van der Waals surface area contributed by atoms with Crippen LogP contribution in [0.15, 0.2) is 46.6 Å². The smallest absolute Gasteiger partial charge is 0.254 e. The highest BCUT2D eigenvalue weighted by Crippen LogP contribution is 2.23. The van der Waals surface area contributed by atoms with Crippen LogP contribution in [0.5, 0.6) is 0 Å². The van der Waals surface area contributed by atoms with Crippen molar-refractivity contribution in [3.63, 3.8) is 0 Å². The van der Waals surface area contributed by atoms with Crippen molar-refractivity contribution >= 4 is 17.2 Å². The second-order valence-corrected chi connectivity index (χ2v) is 8.38. The van der Waals surface area contributed by atoms with Gasteiger partial charge in [0.1, 0.15) is 11.6 Å². The van der Waals surface area contributed by atoms with Gasteiger partial charge in [-0.05, 0) is 67.3 Å². The summed E-state index contributed by atoms with van der Waals surface area (Å²) in [6, 6.07) is 9.85. The fraction of sp³-hybridized carbons (Fsp3) is 0.318. The van der Waals surface area contributed by atoms with Gasteiger partial charge in [-0.15, -0.1) is 11.3 Å². The summed E-state index contributed by atoms with van der Waals surface area (Å²) in [5.74, 6) is 0.486. The van der Waals surface area contributed by atoms with Gasteiger partial charge in [0, 0.05) is 22.5 Å². The second kappa shape index (κ2) is 8.69. The lowest BCUT2D eigenvalue weighted by Gasteiger charge is -2.14. The molecule has 2 N–H and O–H groups in total. The number of amides is 1. The van der Waals surface area contributed by atoms with E-state index in [0.29, 0.717) is 43.1 Å². The third kappa shape index (κ3) is 4.79. The summed E-state index contributed by atoms with van der Waals surface area (Å²) in [6.07, 6.45) is 3.46. The summed E-state index contributed by atoms with van der Waals surface area (Å²) in [7, 11) is 0. The van der Waals surface area contributed by atoms with E-state index in [1.165, 1.54) is 12.1 Å². The molecule has 5 nitrogen and oxygen atoms in total. The highest BCUT2D eigenvalue weighted by molar-refractivity contribution is 7.10.